The van der Waals surface area contributed by atoms with Crippen LogP contribution in [0.3, 0.4) is 0 Å². The first-order valence-corrected chi connectivity index (χ1v) is 10.3. The highest BCUT2D eigenvalue weighted by Gasteiger charge is 2.28. The minimum Gasteiger partial charge on any atom is -0.459 e. The second-order valence-electron chi connectivity index (χ2n) is 6.51. The van der Waals surface area contributed by atoms with Crippen molar-refractivity contribution in [1.29, 1.82) is 0 Å². The molecule has 1 aliphatic heterocycles. The fourth-order valence-corrected chi connectivity index (χ4v) is 4.48. The largest absolute Gasteiger partial charge is 0.459 e. The molecular formula is C18H21ClN4O4S. The van der Waals surface area contributed by atoms with Crippen molar-refractivity contribution < 1.29 is 17.4 Å². The summed E-state index contributed by atoms with van der Waals surface area (Å²) in [5.74, 6) is 0.825. The van der Waals surface area contributed by atoms with Crippen LogP contribution < -0.4 is 5.32 Å². The van der Waals surface area contributed by atoms with Gasteiger partial charge in [-0.05, 0) is 25.2 Å². The van der Waals surface area contributed by atoms with Crippen LogP contribution in [0.2, 0.25) is 0 Å². The number of rotatable bonds is 5. The fraction of sp³-hybridized carbons (Fsp3) is 0.333. The van der Waals surface area contributed by atoms with Crippen molar-refractivity contribution in [3.63, 3.8) is 0 Å². The van der Waals surface area contributed by atoms with Crippen molar-refractivity contribution in [2.75, 3.05) is 26.7 Å². The van der Waals surface area contributed by atoms with E-state index in [0.717, 1.165) is 19.6 Å². The lowest BCUT2D eigenvalue weighted by Gasteiger charge is -2.30. The molecule has 1 atom stereocenters. The van der Waals surface area contributed by atoms with E-state index in [-0.39, 0.29) is 35.0 Å². The summed E-state index contributed by atoms with van der Waals surface area (Å²) in [6.45, 7) is 2.52. The maximum absolute atomic E-state index is 12.7. The summed E-state index contributed by atoms with van der Waals surface area (Å²) in [5.41, 5.74) is 0.490. The van der Waals surface area contributed by atoms with Crippen molar-refractivity contribution in [2.24, 2.45) is 0 Å². The summed E-state index contributed by atoms with van der Waals surface area (Å²) in [4.78, 5) is 6.85. The number of piperazine rings is 1. The van der Waals surface area contributed by atoms with Crippen molar-refractivity contribution in [3.05, 3.63) is 54.0 Å². The predicted molar refractivity (Wildman–Crippen MR) is 105 cm³/mol. The quantitative estimate of drug-likeness (QED) is 0.665. The number of likely N-dealkylation sites (N-methyl/N-ethyl adjacent to an activating group) is 1. The Kier molecular flexibility index (Phi) is 6.19. The van der Waals surface area contributed by atoms with Gasteiger partial charge in [-0.25, -0.2) is 8.42 Å². The zero-order valence-electron chi connectivity index (χ0n) is 15.2. The van der Waals surface area contributed by atoms with Crippen LogP contribution >= 0.6 is 12.4 Å². The van der Waals surface area contributed by atoms with Gasteiger partial charge in [0.1, 0.15) is 0 Å². The fourth-order valence-electron chi connectivity index (χ4n) is 3.11. The lowest BCUT2D eigenvalue weighted by Crippen LogP contribution is -2.44. The Morgan fingerprint density at radius 3 is 2.79 bits per heavy atom. The molecule has 3 heterocycles. The third kappa shape index (κ3) is 4.12. The van der Waals surface area contributed by atoms with Gasteiger partial charge in [0.05, 0.1) is 23.0 Å². The average Bonchev–Trinajstić information content (AvgIpc) is 3.32. The Morgan fingerprint density at radius 2 is 2.04 bits per heavy atom. The summed E-state index contributed by atoms with van der Waals surface area (Å²) >= 11 is 0. The lowest BCUT2D eigenvalue weighted by molar-refractivity contribution is 0.190. The van der Waals surface area contributed by atoms with Gasteiger partial charge in [0.15, 0.2) is 21.4 Å². The van der Waals surface area contributed by atoms with E-state index in [1.807, 2.05) is 7.05 Å². The molecule has 1 aromatic carbocycles. The number of hydrogen-bond acceptors (Lipinski definition) is 8. The third-order valence-electron chi connectivity index (χ3n) is 4.64. The number of sulfone groups is 1. The van der Waals surface area contributed by atoms with E-state index in [9.17, 15) is 8.42 Å². The molecule has 0 aliphatic carbocycles. The number of furan rings is 1. The van der Waals surface area contributed by atoms with E-state index < -0.39 is 9.84 Å². The van der Waals surface area contributed by atoms with Gasteiger partial charge in [0, 0.05) is 25.2 Å². The molecule has 0 saturated carbocycles. The Morgan fingerprint density at radius 1 is 1.25 bits per heavy atom. The van der Waals surface area contributed by atoms with Gasteiger partial charge in [-0.1, -0.05) is 23.4 Å². The van der Waals surface area contributed by atoms with Crippen molar-refractivity contribution >= 4 is 22.2 Å². The first-order chi connectivity index (χ1) is 13.0. The van der Waals surface area contributed by atoms with Crippen molar-refractivity contribution in [1.82, 2.24) is 20.4 Å². The maximum atomic E-state index is 12.7. The first kappa shape index (κ1) is 20.5. The average molecular weight is 425 g/mol. The Hall–Kier alpha value is -2.20. The molecule has 1 unspecified atom stereocenters. The Labute approximate surface area is 169 Å². The highest BCUT2D eigenvalue weighted by atomic mass is 35.5. The molecule has 1 aliphatic rings. The number of aromatic nitrogens is 2. The molecule has 10 heteroatoms. The molecule has 2 aromatic heterocycles. The topological polar surface area (TPSA) is 101 Å². The van der Waals surface area contributed by atoms with E-state index in [1.54, 1.807) is 36.4 Å². The van der Waals surface area contributed by atoms with Gasteiger partial charge in [0.25, 0.3) is 5.89 Å². The van der Waals surface area contributed by atoms with Crippen LogP contribution in [0.25, 0.3) is 11.7 Å². The van der Waals surface area contributed by atoms with Gasteiger partial charge >= 0.3 is 0 Å². The minimum absolute atomic E-state index is 0. The lowest BCUT2D eigenvalue weighted by atomic mass is 10.2. The smallest absolute Gasteiger partial charge is 0.293 e. The van der Waals surface area contributed by atoms with E-state index in [2.05, 4.69) is 20.4 Å². The summed E-state index contributed by atoms with van der Waals surface area (Å²) in [6.07, 6.45) is 1.43. The molecule has 3 aromatic rings. The minimum atomic E-state index is -3.50. The second-order valence-corrected chi connectivity index (χ2v) is 8.49. The summed E-state index contributed by atoms with van der Waals surface area (Å²) < 4.78 is 36.1. The second kappa shape index (κ2) is 8.44. The molecule has 150 valence electrons. The van der Waals surface area contributed by atoms with Gasteiger partial charge in [-0.3, -0.25) is 4.90 Å². The zero-order valence-corrected chi connectivity index (χ0v) is 16.9. The molecule has 0 amide bonds. The van der Waals surface area contributed by atoms with Gasteiger partial charge in [-0.15, -0.1) is 12.4 Å². The summed E-state index contributed by atoms with van der Waals surface area (Å²) in [5, 5.41) is 7.37. The van der Waals surface area contributed by atoms with Gasteiger partial charge < -0.3 is 14.3 Å². The van der Waals surface area contributed by atoms with Crippen molar-refractivity contribution in [3.8, 4) is 11.7 Å². The standard InChI is InChI=1S/C18H20N4O4S.ClH/c1-22-9-8-19-11-15(22)17-20-18(26-21-17)16-13(7-10-25-16)12-27(23,24)14-5-3-2-4-6-14;/h2-7,10,15,19H,8-9,11-12H2,1H3;1H. The molecule has 0 radical (unpaired) electrons. The van der Waals surface area contributed by atoms with Crippen LogP contribution in [-0.4, -0.2) is 50.1 Å². The first-order valence-electron chi connectivity index (χ1n) is 8.64. The highest BCUT2D eigenvalue weighted by Crippen LogP contribution is 2.28. The third-order valence-corrected chi connectivity index (χ3v) is 6.32. The van der Waals surface area contributed by atoms with Crippen LogP contribution in [0.4, 0.5) is 0 Å². The van der Waals surface area contributed by atoms with Crippen molar-refractivity contribution in [2.45, 2.75) is 16.7 Å². The van der Waals surface area contributed by atoms with E-state index in [4.69, 9.17) is 8.94 Å². The van der Waals surface area contributed by atoms with Crippen LogP contribution in [-0.2, 0) is 15.6 Å². The number of benzene rings is 1. The van der Waals surface area contributed by atoms with E-state index in [0.29, 0.717) is 17.1 Å². The molecule has 28 heavy (non-hydrogen) atoms. The van der Waals surface area contributed by atoms with Crippen LogP contribution in [0.1, 0.15) is 17.4 Å². The van der Waals surface area contributed by atoms with Crippen LogP contribution in [0.15, 0.2) is 56.5 Å². The molecule has 0 spiro atoms. The number of nitrogens with one attached hydrogen (secondary N) is 1. The number of halogens is 1. The molecule has 1 N–H and O–H groups in total. The Bertz CT molecular complexity index is 1020. The zero-order chi connectivity index (χ0) is 18.9. The van der Waals surface area contributed by atoms with E-state index >= 15 is 0 Å². The van der Waals surface area contributed by atoms with Crippen LogP contribution in [0.5, 0.6) is 0 Å². The Balaban J connectivity index is 0.00000225. The molecule has 4 rings (SSSR count). The normalized spacial score (nSPS) is 18.0. The van der Waals surface area contributed by atoms with Gasteiger partial charge in [-0.2, -0.15) is 4.98 Å². The highest BCUT2D eigenvalue weighted by molar-refractivity contribution is 7.90. The predicted octanol–water partition coefficient (Wildman–Crippen LogP) is 2.30. The molecule has 8 nitrogen and oxygen atoms in total. The summed E-state index contributed by atoms with van der Waals surface area (Å²) in [7, 11) is -1.50. The molecular weight excluding hydrogens is 404 g/mol. The molecule has 0 bridgehead atoms. The van der Waals surface area contributed by atoms with Gasteiger partial charge in [0.2, 0.25) is 0 Å². The van der Waals surface area contributed by atoms with Crippen LogP contribution in [0, 0.1) is 0 Å². The molecule has 1 fully saturated rings. The number of nitrogens with zero attached hydrogens (tertiary/aromatic N) is 3. The summed E-state index contributed by atoms with van der Waals surface area (Å²) in [6, 6.07) is 9.94. The van der Waals surface area contributed by atoms with E-state index in [1.165, 1.54) is 6.26 Å². The molecule has 1 saturated heterocycles. The monoisotopic (exact) mass is 424 g/mol. The number of hydrogen-bond donors (Lipinski definition) is 1. The maximum Gasteiger partial charge on any atom is 0.293 e. The SMILES string of the molecule is CN1CCNCC1c1noc(-c2occc2CS(=O)(=O)c2ccccc2)n1.Cl.